The zero-order valence-electron chi connectivity index (χ0n) is 17.7. The summed E-state index contributed by atoms with van der Waals surface area (Å²) >= 11 is 0. The second kappa shape index (κ2) is 8.64. The van der Waals surface area contributed by atoms with Gasteiger partial charge in [-0.1, -0.05) is 30.3 Å². The van der Waals surface area contributed by atoms with E-state index in [-0.39, 0.29) is 23.9 Å². The molecule has 0 fully saturated rings. The Labute approximate surface area is 182 Å². The molecule has 1 aromatic heterocycles. The quantitative estimate of drug-likeness (QED) is 0.555. The van der Waals surface area contributed by atoms with Crippen molar-refractivity contribution in [2.75, 3.05) is 13.1 Å². The van der Waals surface area contributed by atoms with Crippen LogP contribution in [0.5, 0.6) is 0 Å². The lowest BCUT2D eigenvalue weighted by Gasteiger charge is -2.10. The summed E-state index contributed by atoms with van der Waals surface area (Å²) < 4.78 is 29.6. The van der Waals surface area contributed by atoms with Crippen LogP contribution >= 0.6 is 0 Å². The molecule has 162 valence electrons. The Kier molecular flexibility index (Phi) is 5.93. The number of para-hydroxylation sites is 1. The van der Waals surface area contributed by atoms with E-state index in [1.807, 2.05) is 48.0 Å². The molecule has 1 aliphatic carbocycles. The molecule has 3 aromatic rings. The van der Waals surface area contributed by atoms with E-state index in [1.165, 1.54) is 0 Å². The molecule has 31 heavy (non-hydrogen) atoms. The van der Waals surface area contributed by atoms with Crippen LogP contribution in [0.3, 0.4) is 0 Å². The van der Waals surface area contributed by atoms with Crippen molar-refractivity contribution in [2.45, 2.75) is 38.0 Å². The van der Waals surface area contributed by atoms with Gasteiger partial charge >= 0.3 is 0 Å². The minimum Gasteiger partial charge on any atom is -0.349 e. The molecule has 8 heteroatoms. The van der Waals surface area contributed by atoms with Gasteiger partial charge in [-0.3, -0.25) is 4.79 Å². The van der Waals surface area contributed by atoms with Crippen LogP contribution in [-0.4, -0.2) is 37.2 Å². The molecule has 0 aliphatic heterocycles. The molecule has 0 bridgehead atoms. The van der Waals surface area contributed by atoms with Crippen molar-refractivity contribution in [1.29, 1.82) is 0 Å². The monoisotopic (exact) mass is 438 g/mol. The third-order valence-corrected chi connectivity index (χ3v) is 7.08. The van der Waals surface area contributed by atoms with E-state index in [0.717, 1.165) is 41.8 Å². The van der Waals surface area contributed by atoms with E-state index in [1.54, 1.807) is 19.1 Å². The van der Waals surface area contributed by atoms with Crippen LogP contribution in [0.25, 0.3) is 5.69 Å². The van der Waals surface area contributed by atoms with E-state index < -0.39 is 10.0 Å². The number of fused-ring (bicyclic) bond motifs is 1. The number of aryl methyl sites for hydroxylation is 2. The van der Waals surface area contributed by atoms with Crippen molar-refractivity contribution in [1.82, 2.24) is 19.8 Å². The van der Waals surface area contributed by atoms with Crippen molar-refractivity contribution in [3.05, 3.63) is 76.6 Å². The van der Waals surface area contributed by atoms with Crippen LogP contribution < -0.4 is 10.0 Å². The Balaban J connectivity index is 1.42. The highest BCUT2D eigenvalue weighted by molar-refractivity contribution is 7.89. The molecule has 0 spiro atoms. The van der Waals surface area contributed by atoms with Gasteiger partial charge in [0.1, 0.15) is 0 Å². The first-order chi connectivity index (χ1) is 14.9. The van der Waals surface area contributed by atoms with Gasteiger partial charge in [-0.05, 0) is 62.4 Å². The normalized spacial score (nSPS) is 13.2. The summed E-state index contributed by atoms with van der Waals surface area (Å²) in [5.74, 6) is -0.279. The maximum atomic E-state index is 12.8. The molecule has 2 N–H and O–H groups in total. The van der Waals surface area contributed by atoms with Crippen LogP contribution in [0.4, 0.5) is 0 Å². The zero-order chi connectivity index (χ0) is 22.0. The number of carbonyl (C=O) groups is 1. The maximum Gasteiger partial charge on any atom is 0.272 e. The van der Waals surface area contributed by atoms with Gasteiger partial charge in [0.25, 0.3) is 5.91 Å². The Bertz CT molecular complexity index is 1220. The number of sulfonamides is 1. The van der Waals surface area contributed by atoms with Gasteiger partial charge in [0.15, 0.2) is 5.69 Å². The first kappa shape index (κ1) is 21.3. The molecular formula is C23H26N4O3S. The first-order valence-electron chi connectivity index (χ1n) is 10.4. The first-order valence-corrected chi connectivity index (χ1v) is 11.9. The average molecular weight is 439 g/mol. The van der Waals surface area contributed by atoms with E-state index in [4.69, 9.17) is 0 Å². The van der Waals surface area contributed by atoms with Crippen LogP contribution in [0.2, 0.25) is 0 Å². The Morgan fingerprint density at radius 2 is 1.84 bits per heavy atom. The van der Waals surface area contributed by atoms with Gasteiger partial charge in [-0.25, -0.2) is 17.8 Å². The summed E-state index contributed by atoms with van der Waals surface area (Å²) in [5.41, 5.74) is 4.98. The molecule has 7 nitrogen and oxygen atoms in total. The highest BCUT2D eigenvalue weighted by Gasteiger charge is 2.26. The lowest BCUT2D eigenvalue weighted by Crippen LogP contribution is -2.35. The number of rotatable bonds is 7. The van der Waals surface area contributed by atoms with E-state index in [9.17, 15) is 13.2 Å². The number of benzene rings is 2. The van der Waals surface area contributed by atoms with Gasteiger partial charge < -0.3 is 5.32 Å². The van der Waals surface area contributed by atoms with Crippen molar-refractivity contribution in [2.24, 2.45) is 0 Å². The largest absolute Gasteiger partial charge is 0.349 e. The number of hydrogen-bond donors (Lipinski definition) is 2. The average Bonchev–Trinajstić information content (AvgIpc) is 3.36. The number of aromatic nitrogens is 2. The summed E-state index contributed by atoms with van der Waals surface area (Å²) in [6.07, 6.45) is 2.71. The second-order valence-corrected chi connectivity index (χ2v) is 9.53. The molecule has 1 amide bonds. The third-order valence-electron chi connectivity index (χ3n) is 5.48. The van der Waals surface area contributed by atoms with Crippen LogP contribution in [0.1, 0.15) is 39.3 Å². The topological polar surface area (TPSA) is 93.1 Å². The number of hydrogen-bond acceptors (Lipinski definition) is 4. The molecule has 0 unspecified atom stereocenters. The molecule has 0 atom stereocenters. The summed E-state index contributed by atoms with van der Waals surface area (Å²) in [6, 6.07) is 15.1. The van der Waals surface area contributed by atoms with Crippen LogP contribution in [-0.2, 0) is 22.9 Å². The van der Waals surface area contributed by atoms with Gasteiger partial charge in [-0.15, -0.1) is 0 Å². The Morgan fingerprint density at radius 1 is 1.06 bits per heavy atom. The lowest BCUT2D eigenvalue weighted by atomic mass is 10.2. The smallest absolute Gasteiger partial charge is 0.272 e. The summed E-state index contributed by atoms with van der Waals surface area (Å²) in [5, 5.41) is 7.37. The second-order valence-electron chi connectivity index (χ2n) is 7.80. The lowest BCUT2D eigenvalue weighted by molar-refractivity contribution is 0.0948. The molecule has 0 radical (unpaired) electrons. The number of nitrogens with one attached hydrogen (secondary N) is 2. The molecule has 4 rings (SSSR count). The fraction of sp³-hybridized carbons (Fsp3) is 0.304. The highest BCUT2D eigenvalue weighted by Crippen LogP contribution is 2.27. The molecular weight excluding hydrogens is 412 g/mol. The van der Waals surface area contributed by atoms with E-state index in [2.05, 4.69) is 15.1 Å². The SMILES string of the molecule is Cc1ccc(C)c(S(=O)(=O)NCCNC(=O)c2nn(-c3ccccc3)c3c2CCC3)c1. The van der Waals surface area contributed by atoms with Crippen molar-refractivity contribution in [3.63, 3.8) is 0 Å². The minimum atomic E-state index is -3.64. The summed E-state index contributed by atoms with van der Waals surface area (Å²) in [7, 11) is -3.64. The standard InChI is InChI=1S/C23H26N4O3S/c1-16-11-12-17(2)21(15-16)31(29,30)25-14-13-24-23(28)22-19-9-6-10-20(19)27(26-22)18-7-4-3-5-8-18/h3-5,7-8,11-12,15,25H,6,9-10,13-14H2,1-2H3,(H,24,28). The molecule has 0 saturated heterocycles. The predicted octanol–water partition coefficient (Wildman–Crippen LogP) is 2.69. The number of nitrogens with zero attached hydrogens (tertiary/aromatic N) is 2. The van der Waals surface area contributed by atoms with Crippen molar-refractivity contribution in [3.8, 4) is 5.69 Å². The van der Waals surface area contributed by atoms with E-state index in [0.29, 0.717) is 11.3 Å². The third kappa shape index (κ3) is 4.40. The summed E-state index contributed by atoms with van der Waals surface area (Å²) in [4.78, 5) is 13.0. The van der Waals surface area contributed by atoms with E-state index >= 15 is 0 Å². The Morgan fingerprint density at radius 3 is 2.61 bits per heavy atom. The fourth-order valence-electron chi connectivity index (χ4n) is 3.92. The maximum absolute atomic E-state index is 12.8. The van der Waals surface area contributed by atoms with Gasteiger partial charge in [-0.2, -0.15) is 5.10 Å². The molecule has 1 aliphatic rings. The minimum absolute atomic E-state index is 0.100. The van der Waals surface area contributed by atoms with Crippen LogP contribution in [0, 0.1) is 13.8 Å². The molecule has 0 saturated carbocycles. The fourth-order valence-corrected chi connectivity index (χ4v) is 5.28. The van der Waals surface area contributed by atoms with Gasteiger partial charge in [0, 0.05) is 24.3 Å². The van der Waals surface area contributed by atoms with Crippen molar-refractivity contribution >= 4 is 15.9 Å². The zero-order valence-corrected chi connectivity index (χ0v) is 18.5. The molecule has 1 heterocycles. The predicted molar refractivity (Wildman–Crippen MR) is 119 cm³/mol. The number of amides is 1. The van der Waals surface area contributed by atoms with Crippen molar-refractivity contribution < 1.29 is 13.2 Å². The van der Waals surface area contributed by atoms with Gasteiger partial charge in [0.2, 0.25) is 10.0 Å². The number of carbonyl (C=O) groups excluding carboxylic acids is 1. The van der Waals surface area contributed by atoms with Gasteiger partial charge in [0.05, 0.1) is 10.6 Å². The summed E-state index contributed by atoms with van der Waals surface area (Å²) in [6.45, 7) is 3.89. The molecule has 2 aromatic carbocycles. The Hall–Kier alpha value is -2.97. The van der Waals surface area contributed by atoms with Crippen LogP contribution in [0.15, 0.2) is 53.4 Å². The highest BCUT2D eigenvalue weighted by atomic mass is 32.2.